The highest BCUT2D eigenvalue weighted by atomic mass is 79.9. The van der Waals surface area contributed by atoms with Crippen molar-refractivity contribution in [2.45, 2.75) is 6.54 Å². The van der Waals surface area contributed by atoms with E-state index in [2.05, 4.69) is 32.4 Å². The third kappa shape index (κ3) is 2.69. The van der Waals surface area contributed by atoms with Crippen LogP contribution < -0.4 is 4.31 Å². The lowest BCUT2D eigenvalue weighted by Crippen LogP contribution is -2.24. The first-order valence-corrected chi connectivity index (χ1v) is 7.75. The van der Waals surface area contributed by atoms with Gasteiger partial charge in [-0.1, -0.05) is 46.3 Å². The van der Waals surface area contributed by atoms with Crippen molar-refractivity contribution in [2.24, 2.45) is 0 Å². The van der Waals surface area contributed by atoms with E-state index in [0.29, 0.717) is 5.75 Å². The molecule has 0 spiro atoms. The highest BCUT2D eigenvalue weighted by Crippen LogP contribution is 2.35. The Balaban J connectivity index is 1.93. The van der Waals surface area contributed by atoms with E-state index in [1.165, 1.54) is 5.56 Å². The predicted molar refractivity (Wildman–Crippen MR) is 83.6 cm³/mol. The number of benzene rings is 2. The van der Waals surface area contributed by atoms with Crippen LogP contribution in [0.2, 0.25) is 0 Å². The van der Waals surface area contributed by atoms with Gasteiger partial charge in [0.2, 0.25) is 0 Å². The van der Waals surface area contributed by atoms with Gasteiger partial charge in [0.15, 0.2) is 5.78 Å². The minimum absolute atomic E-state index is 0.200. The highest BCUT2D eigenvalue weighted by Gasteiger charge is 2.24. The molecular weight excluding hydrogens is 322 g/mol. The SMILES string of the molecule is O=C1CSN(Cc2ccccc2)c2ccc(Br)cc21. The van der Waals surface area contributed by atoms with Gasteiger partial charge in [0.1, 0.15) is 0 Å². The summed E-state index contributed by atoms with van der Waals surface area (Å²) in [6.45, 7) is 0.813. The van der Waals surface area contributed by atoms with E-state index in [4.69, 9.17) is 0 Å². The molecule has 0 unspecified atom stereocenters. The van der Waals surface area contributed by atoms with E-state index in [-0.39, 0.29) is 5.78 Å². The molecule has 2 aromatic rings. The van der Waals surface area contributed by atoms with Crippen LogP contribution in [0, 0.1) is 0 Å². The first kappa shape index (κ1) is 12.8. The van der Waals surface area contributed by atoms with Crippen molar-refractivity contribution < 1.29 is 4.79 Å². The third-order valence-electron chi connectivity index (χ3n) is 3.05. The Morgan fingerprint density at radius 1 is 1.16 bits per heavy atom. The fraction of sp³-hybridized carbons (Fsp3) is 0.133. The molecule has 0 atom stereocenters. The molecule has 96 valence electrons. The largest absolute Gasteiger partial charge is 0.311 e. The molecule has 0 saturated carbocycles. The van der Waals surface area contributed by atoms with Gasteiger partial charge in [-0.2, -0.15) is 0 Å². The maximum absolute atomic E-state index is 12.0. The van der Waals surface area contributed by atoms with Crippen LogP contribution in [-0.4, -0.2) is 11.5 Å². The summed E-state index contributed by atoms with van der Waals surface area (Å²) in [4.78, 5) is 12.0. The number of fused-ring (bicyclic) bond motifs is 1. The van der Waals surface area contributed by atoms with E-state index in [9.17, 15) is 4.79 Å². The minimum Gasteiger partial charge on any atom is -0.311 e. The molecule has 1 aliphatic heterocycles. The maximum atomic E-state index is 12.0. The number of carbonyl (C=O) groups is 1. The lowest BCUT2D eigenvalue weighted by atomic mass is 10.1. The van der Waals surface area contributed by atoms with Gasteiger partial charge < -0.3 is 4.31 Å². The predicted octanol–water partition coefficient (Wildman–Crippen LogP) is 4.30. The number of ketones is 1. The minimum atomic E-state index is 0.200. The summed E-state index contributed by atoms with van der Waals surface area (Å²) >= 11 is 5.01. The Bertz CT molecular complexity index is 615. The van der Waals surface area contributed by atoms with Crippen LogP contribution in [0.4, 0.5) is 5.69 Å². The molecule has 0 bridgehead atoms. The number of anilines is 1. The summed E-state index contributed by atoms with van der Waals surface area (Å²) in [5, 5.41) is 0. The average molecular weight is 334 g/mol. The molecule has 0 aliphatic carbocycles. The standard InChI is InChI=1S/C15H12BrNOS/c16-12-6-7-14-13(8-12)15(18)10-19-17(14)9-11-4-2-1-3-5-11/h1-8H,9-10H2. The quantitative estimate of drug-likeness (QED) is 0.764. The molecule has 0 fully saturated rings. The molecule has 0 saturated heterocycles. The molecule has 0 N–H and O–H groups in total. The smallest absolute Gasteiger partial charge is 0.176 e. The van der Waals surface area contributed by atoms with Gasteiger partial charge in [-0.25, -0.2) is 0 Å². The highest BCUT2D eigenvalue weighted by molar-refractivity contribution is 9.10. The second-order valence-corrected chi connectivity index (χ2v) is 6.28. The van der Waals surface area contributed by atoms with Crippen molar-refractivity contribution in [3.05, 3.63) is 64.1 Å². The fourth-order valence-corrected chi connectivity index (χ4v) is 3.44. The van der Waals surface area contributed by atoms with Crippen LogP contribution in [-0.2, 0) is 6.54 Å². The second-order valence-electron chi connectivity index (χ2n) is 4.38. The molecule has 1 heterocycles. The third-order valence-corrected chi connectivity index (χ3v) is 4.57. The summed E-state index contributed by atoms with van der Waals surface area (Å²) in [5.74, 6) is 0.710. The van der Waals surface area contributed by atoms with E-state index in [1.54, 1.807) is 11.9 Å². The van der Waals surface area contributed by atoms with Crippen LogP contribution in [0.15, 0.2) is 53.0 Å². The molecule has 0 radical (unpaired) electrons. The molecule has 19 heavy (non-hydrogen) atoms. The summed E-state index contributed by atoms with van der Waals surface area (Å²) in [5.41, 5.74) is 3.07. The first-order chi connectivity index (χ1) is 9.24. The molecule has 0 aromatic heterocycles. The monoisotopic (exact) mass is 333 g/mol. The van der Waals surface area contributed by atoms with Crippen molar-refractivity contribution in [2.75, 3.05) is 10.1 Å². The van der Waals surface area contributed by atoms with Gasteiger partial charge in [0.05, 0.1) is 18.0 Å². The van der Waals surface area contributed by atoms with Gasteiger partial charge in [-0.05, 0) is 35.7 Å². The molecule has 1 aliphatic rings. The first-order valence-electron chi connectivity index (χ1n) is 6.01. The van der Waals surface area contributed by atoms with E-state index in [1.807, 2.05) is 36.4 Å². The number of carbonyl (C=O) groups excluding carboxylic acids is 1. The molecular formula is C15H12BrNOS. The van der Waals surface area contributed by atoms with Crippen LogP contribution in [0.1, 0.15) is 15.9 Å². The van der Waals surface area contributed by atoms with Gasteiger partial charge in [0, 0.05) is 10.0 Å². The zero-order chi connectivity index (χ0) is 13.2. The van der Waals surface area contributed by atoms with Crippen LogP contribution >= 0.6 is 27.9 Å². The average Bonchev–Trinajstić information content (AvgIpc) is 2.43. The van der Waals surface area contributed by atoms with Crippen LogP contribution in [0.5, 0.6) is 0 Å². The Morgan fingerprint density at radius 2 is 1.95 bits per heavy atom. The van der Waals surface area contributed by atoms with E-state index >= 15 is 0 Å². The number of Topliss-reactive ketones (excluding diaryl/α,β-unsaturated/α-hetero) is 1. The molecule has 3 rings (SSSR count). The van der Waals surface area contributed by atoms with E-state index in [0.717, 1.165) is 22.3 Å². The second kappa shape index (κ2) is 5.39. The Morgan fingerprint density at radius 3 is 2.74 bits per heavy atom. The van der Waals surface area contributed by atoms with Gasteiger partial charge in [0.25, 0.3) is 0 Å². The van der Waals surface area contributed by atoms with Gasteiger partial charge in [-0.3, -0.25) is 4.79 Å². The zero-order valence-corrected chi connectivity index (χ0v) is 12.6. The summed E-state index contributed by atoms with van der Waals surface area (Å²) in [6, 6.07) is 16.2. The summed E-state index contributed by atoms with van der Waals surface area (Å²) < 4.78 is 3.14. The normalized spacial score (nSPS) is 14.4. The summed E-state index contributed by atoms with van der Waals surface area (Å²) in [7, 11) is 0. The van der Waals surface area contributed by atoms with E-state index < -0.39 is 0 Å². The molecule has 2 nitrogen and oxygen atoms in total. The van der Waals surface area contributed by atoms with Crippen molar-refractivity contribution in [3.63, 3.8) is 0 Å². The van der Waals surface area contributed by atoms with Crippen molar-refractivity contribution >= 4 is 39.3 Å². The lowest BCUT2D eigenvalue weighted by molar-refractivity contribution is 0.102. The van der Waals surface area contributed by atoms with Crippen molar-refractivity contribution in [1.82, 2.24) is 0 Å². The number of rotatable bonds is 2. The number of hydrogen-bond acceptors (Lipinski definition) is 3. The lowest BCUT2D eigenvalue weighted by Gasteiger charge is -2.29. The topological polar surface area (TPSA) is 20.3 Å². The summed E-state index contributed by atoms with van der Waals surface area (Å²) in [6.07, 6.45) is 0. The molecule has 0 amide bonds. The Kier molecular flexibility index (Phi) is 3.62. The number of hydrogen-bond donors (Lipinski definition) is 0. The Labute approximate surface area is 125 Å². The number of halogens is 1. The molecule has 2 aromatic carbocycles. The van der Waals surface area contributed by atoms with Gasteiger partial charge in [-0.15, -0.1) is 0 Å². The van der Waals surface area contributed by atoms with Crippen molar-refractivity contribution in [3.8, 4) is 0 Å². The van der Waals surface area contributed by atoms with Crippen molar-refractivity contribution in [1.29, 1.82) is 0 Å². The van der Waals surface area contributed by atoms with Crippen LogP contribution in [0.3, 0.4) is 0 Å². The fourth-order valence-electron chi connectivity index (χ4n) is 2.11. The maximum Gasteiger partial charge on any atom is 0.176 e. The zero-order valence-electron chi connectivity index (χ0n) is 10.2. The number of nitrogens with zero attached hydrogens (tertiary/aromatic N) is 1. The molecule has 4 heteroatoms. The van der Waals surface area contributed by atoms with Crippen LogP contribution in [0.25, 0.3) is 0 Å². The Hall–Kier alpha value is -1.26. The van der Waals surface area contributed by atoms with Gasteiger partial charge >= 0.3 is 0 Å².